The number of nitrogens with zero attached hydrogens (tertiary/aromatic N) is 1. The number of rotatable bonds is 6. The van der Waals surface area contributed by atoms with Crippen molar-refractivity contribution in [2.24, 2.45) is 0 Å². The van der Waals surface area contributed by atoms with Crippen molar-refractivity contribution in [2.45, 2.75) is 6.10 Å². The Labute approximate surface area is 112 Å². The first-order chi connectivity index (χ1) is 9.29. The van der Waals surface area contributed by atoms with Crippen molar-refractivity contribution in [3.8, 4) is 0 Å². The number of anilines is 2. The van der Waals surface area contributed by atoms with E-state index in [2.05, 4.69) is 15.8 Å². The second-order valence-corrected chi connectivity index (χ2v) is 4.08. The summed E-state index contributed by atoms with van der Waals surface area (Å²) in [4.78, 5) is 9.71. The Hall–Kier alpha value is -2.11. The van der Waals surface area contributed by atoms with Crippen molar-refractivity contribution in [3.05, 3.63) is 54.2 Å². The van der Waals surface area contributed by atoms with Gasteiger partial charge in [0, 0.05) is 31.5 Å². The van der Waals surface area contributed by atoms with E-state index in [1.807, 2.05) is 30.3 Å². The monoisotopic (exact) mass is 258 g/mol. The molecule has 5 heteroatoms. The molecule has 1 aromatic heterocycles. The Kier molecular flexibility index (Phi) is 4.72. The quantitative estimate of drug-likeness (QED) is 0.691. The third kappa shape index (κ3) is 3.94. The number of hydroxylamine groups is 1. The van der Waals surface area contributed by atoms with Gasteiger partial charge >= 0.3 is 0 Å². The van der Waals surface area contributed by atoms with Crippen molar-refractivity contribution >= 4 is 11.5 Å². The lowest BCUT2D eigenvalue weighted by molar-refractivity contribution is -0.00591. The molecule has 0 saturated heterocycles. The van der Waals surface area contributed by atoms with Gasteiger partial charge in [0.15, 0.2) is 0 Å². The Morgan fingerprint density at radius 1 is 1.26 bits per heavy atom. The van der Waals surface area contributed by atoms with Crippen LogP contribution in [0.3, 0.4) is 0 Å². The molecular weight excluding hydrogens is 240 g/mol. The zero-order valence-electron chi connectivity index (χ0n) is 10.8. The molecule has 0 aliphatic heterocycles. The number of nitrogens with two attached hydrogens (primary N) is 1. The van der Waals surface area contributed by atoms with Gasteiger partial charge < -0.3 is 11.1 Å². The van der Waals surface area contributed by atoms with Gasteiger partial charge in [-0.3, -0.25) is 4.84 Å². The molecule has 1 heterocycles. The minimum absolute atomic E-state index is 0.102. The summed E-state index contributed by atoms with van der Waals surface area (Å²) in [5.41, 5.74) is 10.2. The molecule has 1 unspecified atom stereocenters. The maximum absolute atomic E-state index is 5.71. The normalized spacial score (nSPS) is 12.1. The van der Waals surface area contributed by atoms with E-state index in [4.69, 9.17) is 10.6 Å². The molecule has 4 N–H and O–H groups in total. The van der Waals surface area contributed by atoms with Gasteiger partial charge in [0.2, 0.25) is 0 Å². The summed E-state index contributed by atoms with van der Waals surface area (Å²) >= 11 is 0. The number of aromatic nitrogens is 1. The molecule has 1 aromatic carbocycles. The average Bonchev–Trinajstić information content (AvgIpc) is 2.44. The molecule has 0 aliphatic rings. The van der Waals surface area contributed by atoms with E-state index in [1.54, 1.807) is 25.4 Å². The van der Waals surface area contributed by atoms with Crippen LogP contribution < -0.4 is 16.5 Å². The third-order valence-electron chi connectivity index (χ3n) is 2.68. The number of benzene rings is 1. The zero-order valence-corrected chi connectivity index (χ0v) is 10.8. The molecular formula is C14H18N4O. The van der Waals surface area contributed by atoms with Crippen LogP contribution in [0, 0.1) is 0 Å². The molecule has 100 valence electrons. The Balaban J connectivity index is 2.01. The lowest BCUT2D eigenvalue weighted by Crippen LogP contribution is -2.21. The minimum Gasteiger partial charge on any atom is -0.399 e. The van der Waals surface area contributed by atoms with Crippen LogP contribution in [0.5, 0.6) is 0 Å². The highest BCUT2D eigenvalue weighted by Crippen LogP contribution is 2.17. The van der Waals surface area contributed by atoms with Crippen LogP contribution in [0.2, 0.25) is 0 Å². The van der Waals surface area contributed by atoms with E-state index in [1.165, 1.54) is 0 Å². The Morgan fingerprint density at radius 2 is 2.05 bits per heavy atom. The van der Waals surface area contributed by atoms with Gasteiger partial charge in [-0.25, -0.2) is 10.5 Å². The van der Waals surface area contributed by atoms with Crippen LogP contribution in [0.15, 0.2) is 48.7 Å². The summed E-state index contributed by atoms with van der Waals surface area (Å²) in [6.45, 7) is 0.599. The lowest BCUT2D eigenvalue weighted by atomic mass is 10.1. The molecule has 0 saturated carbocycles. The third-order valence-corrected chi connectivity index (χ3v) is 2.68. The number of hydrogen-bond acceptors (Lipinski definition) is 5. The van der Waals surface area contributed by atoms with Crippen molar-refractivity contribution in [2.75, 3.05) is 24.6 Å². The Morgan fingerprint density at radius 3 is 2.74 bits per heavy atom. The van der Waals surface area contributed by atoms with Gasteiger partial charge in [0.1, 0.15) is 11.9 Å². The molecule has 2 rings (SSSR count). The molecule has 0 bridgehead atoms. The molecule has 0 aliphatic carbocycles. The summed E-state index contributed by atoms with van der Waals surface area (Å²) in [5, 5.41) is 3.21. The number of pyridine rings is 1. The number of hydrogen-bond donors (Lipinski definition) is 3. The molecule has 0 amide bonds. The summed E-state index contributed by atoms with van der Waals surface area (Å²) < 4.78 is 0. The van der Waals surface area contributed by atoms with Crippen molar-refractivity contribution in [1.82, 2.24) is 10.5 Å². The van der Waals surface area contributed by atoms with Crippen molar-refractivity contribution in [1.29, 1.82) is 0 Å². The second kappa shape index (κ2) is 6.72. The Bertz CT molecular complexity index is 504. The predicted molar refractivity (Wildman–Crippen MR) is 76.5 cm³/mol. The van der Waals surface area contributed by atoms with Gasteiger partial charge in [-0.05, 0) is 11.6 Å². The molecule has 19 heavy (non-hydrogen) atoms. The molecule has 0 radical (unpaired) electrons. The van der Waals surface area contributed by atoms with Crippen LogP contribution >= 0.6 is 0 Å². The van der Waals surface area contributed by atoms with Crippen LogP contribution in [0.25, 0.3) is 0 Å². The largest absolute Gasteiger partial charge is 0.399 e. The first kappa shape index (κ1) is 13.3. The minimum atomic E-state index is -0.102. The summed E-state index contributed by atoms with van der Waals surface area (Å²) in [6, 6.07) is 13.5. The maximum atomic E-state index is 5.71. The van der Waals surface area contributed by atoms with Gasteiger partial charge in [-0.2, -0.15) is 0 Å². The number of nitrogens with one attached hydrogen (secondary N) is 2. The fraction of sp³-hybridized carbons (Fsp3) is 0.214. The maximum Gasteiger partial charge on any atom is 0.128 e. The van der Waals surface area contributed by atoms with Crippen LogP contribution in [0.4, 0.5) is 11.5 Å². The van der Waals surface area contributed by atoms with Gasteiger partial charge in [0.25, 0.3) is 0 Å². The average molecular weight is 258 g/mol. The molecule has 0 spiro atoms. The first-order valence-electron chi connectivity index (χ1n) is 6.12. The first-order valence-corrected chi connectivity index (χ1v) is 6.12. The highest BCUT2D eigenvalue weighted by atomic mass is 16.7. The van der Waals surface area contributed by atoms with E-state index in [-0.39, 0.29) is 6.10 Å². The van der Waals surface area contributed by atoms with E-state index >= 15 is 0 Å². The van der Waals surface area contributed by atoms with E-state index in [0.29, 0.717) is 12.2 Å². The van der Waals surface area contributed by atoms with Gasteiger partial charge in [0.05, 0.1) is 0 Å². The van der Waals surface area contributed by atoms with Crippen LogP contribution in [-0.2, 0) is 4.84 Å². The van der Waals surface area contributed by atoms with Crippen molar-refractivity contribution in [3.63, 3.8) is 0 Å². The molecule has 1 atom stereocenters. The second-order valence-electron chi connectivity index (χ2n) is 4.08. The fourth-order valence-electron chi connectivity index (χ4n) is 1.78. The summed E-state index contributed by atoms with van der Waals surface area (Å²) in [7, 11) is 1.74. The van der Waals surface area contributed by atoms with E-state index in [9.17, 15) is 0 Å². The highest BCUT2D eigenvalue weighted by molar-refractivity contribution is 5.48. The number of nitrogen functional groups attached to an aromatic ring is 1. The SMILES string of the molecule is CNOC(CNc1cc(N)ccn1)c1ccccc1. The highest BCUT2D eigenvalue weighted by Gasteiger charge is 2.11. The molecule has 0 fully saturated rings. The standard InChI is InChI=1S/C14H18N4O/c1-16-19-13(11-5-3-2-4-6-11)10-18-14-9-12(15)7-8-17-14/h2-9,13,16H,10H2,1H3,(H3,15,17,18). The van der Waals surface area contributed by atoms with E-state index in [0.717, 1.165) is 11.4 Å². The van der Waals surface area contributed by atoms with Crippen LogP contribution in [0.1, 0.15) is 11.7 Å². The fourth-order valence-corrected chi connectivity index (χ4v) is 1.78. The summed E-state index contributed by atoms with van der Waals surface area (Å²) in [6.07, 6.45) is 1.57. The summed E-state index contributed by atoms with van der Waals surface area (Å²) in [5.74, 6) is 0.737. The van der Waals surface area contributed by atoms with E-state index < -0.39 is 0 Å². The van der Waals surface area contributed by atoms with Gasteiger partial charge in [-0.1, -0.05) is 30.3 Å². The smallest absolute Gasteiger partial charge is 0.128 e. The lowest BCUT2D eigenvalue weighted by Gasteiger charge is -2.18. The molecule has 5 nitrogen and oxygen atoms in total. The topological polar surface area (TPSA) is 72.2 Å². The van der Waals surface area contributed by atoms with Crippen molar-refractivity contribution < 1.29 is 4.84 Å². The van der Waals surface area contributed by atoms with Crippen LogP contribution in [-0.4, -0.2) is 18.6 Å². The molecule has 2 aromatic rings. The predicted octanol–water partition coefficient (Wildman–Crippen LogP) is 1.97. The zero-order chi connectivity index (χ0) is 13.5. The van der Waals surface area contributed by atoms with Gasteiger partial charge in [-0.15, -0.1) is 0 Å².